The molecule has 0 aromatic heterocycles. The van der Waals surface area contributed by atoms with Crippen LogP contribution < -0.4 is 0 Å². The minimum absolute atomic E-state index is 1.01. The van der Waals surface area contributed by atoms with Crippen LogP contribution in [-0.4, -0.2) is 0 Å². The quantitative estimate of drug-likeness (QED) is 0.489. The van der Waals surface area contributed by atoms with Gasteiger partial charge >= 0.3 is 0 Å². The van der Waals surface area contributed by atoms with Crippen molar-refractivity contribution >= 4 is 0 Å². The topological polar surface area (TPSA) is 0 Å². The van der Waals surface area contributed by atoms with E-state index in [-0.39, 0.29) is 0 Å². The van der Waals surface area contributed by atoms with Gasteiger partial charge in [0.25, 0.3) is 0 Å². The monoisotopic (exact) mass is 290 g/mol. The van der Waals surface area contributed by atoms with Crippen molar-refractivity contribution in [2.45, 2.75) is 97.3 Å². The Labute approximate surface area is 133 Å². The lowest BCUT2D eigenvalue weighted by atomic mass is 9.67. The predicted octanol–water partition coefficient (Wildman–Crippen LogP) is 6.84. The molecule has 0 amide bonds. The summed E-state index contributed by atoms with van der Waals surface area (Å²) in [7, 11) is 0. The van der Waals surface area contributed by atoms with Crippen LogP contribution in [0.4, 0.5) is 0 Å². The first kappa shape index (κ1) is 15.9. The van der Waals surface area contributed by atoms with E-state index in [0.717, 1.165) is 35.5 Å². The molecule has 21 heavy (non-hydrogen) atoms. The van der Waals surface area contributed by atoms with Crippen molar-refractivity contribution in [3.63, 3.8) is 0 Å². The summed E-state index contributed by atoms with van der Waals surface area (Å²) in [5, 5.41) is 0. The van der Waals surface area contributed by atoms with E-state index in [0.29, 0.717) is 0 Å². The van der Waals surface area contributed by atoms with Crippen molar-refractivity contribution in [1.29, 1.82) is 0 Å². The largest absolute Gasteiger partial charge is 0.0625 e. The fourth-order valence-electron chi connectivity index (χ4n) is 5.83. The molecule has 0 aliphatic heterocycles. The van der Waals surface area contributed by atoms with Gasteiger partial charge in [0, 0.05) is 0 Å². The van der Waals surface area contributed by atoms with Crippen LogP contribution in [0.3, 0.4) is 0 Å². The van der Waals surface area contributed by atoms with Gasteiger partial charge in [-0.25, -0.2) is 0 Å². The summed E-state index contributed by atoms with van der Waals surface area (Å²) in [6, 6.07) is 0. The third-order valence-electron chi connectivity index (χ3n) is 7.51. The average Bonchev–Trinajstić information content (AvgIpc) is 2.73. The highest BCUT2D eigenvalue weighted by molar-refractivity contribution is 4.84. The molecule has 3 fully saturated rings. The van der Waals surface area contributed by atoms with Crippen LogP contribution in [0.25, 0.3) is 0 Å². The third-order valence-corrected chi connectivity index (χ3v) is 7.51. The highest BCUT2D eigenvalue weighted by Gasteiger charge is 2.33. The molecule has 0 radical (unpaired) electrons. The Bertz CT molecular complexity index is 291. The lowest BCUT2D eigenvalue weighted by molar-refractivity contribution is 0.122. The molecule has 0 saturated heterocycles. The Morgan fingerprint density at radius 3 is 1.19 bits per heavy atom. The van der Waals surface area contributed by atoms with Gasteiger partial charge in [-0.15, -0.1) is 0 Å². The maximum Gasteiger partial charge on any atom is -0.0386 e. The van der Waals surface area contributed by atoms with E-state index >= 15 is 0 Å². The minimum atomic E-state index is 1.01. The van der Waals surface area contributed by atoms with Crippen molar-refractivity contribution in [2.24, 2.45) is 35.5 Å². The zero-order valence-corrected chi connectivity index (χ0v) is 14.7. The van der Waals surface area contributed by atoms with E-state index in [1.165, 1.54) is 32.1 Å². The van der Waals surface area contributed by atoms with Gasteiger partial charge in [-0.05, 0) is 80.5 Å². The summed E-state index contributed by atoms with van der Waals surface area (Å²) in [5.41, 5.74) is 0. The minimum Gasteiger partial charge on any atom is -0.0625 e. The number of hydrogen-bond donors (Lipinski definition) is 0. The highest BCUT2D eigenvalue weighted by Crippen LogP contribution is 2.45. The molecule has 0 bridgehead atoms. The molecule has 0 spiro atoms. The lowest BCUT2D eigenvalue weighted by Crippen LogP contribution is -2.27. The molecule has 3 rings (SSSR count). The zero-order valence-electron chi connectivity index (χ0n) is 14.7. The zero-order chi connectivity index (χ0) is 14.7. The van der Waals surface area contributed by atoms with Crippen molar-refractivity contribution in [1.82, 2.24) is 0 Å². The smallest absolute Gasteiger partial charge is 0.0386 e. The second kappa shape index (κ2) is 7.51. The van der Waals surface area contributed by atoms with E-state index in [2.05, 4.69) is 13.8 Å². The van der Waals surface area contributed by atoms with Gasteiger partial charge in [-0.1, -0.05) is 52.4 Å². The van der Waals surface area contributed by atoms with Gasteiger partial charge in [-0.2, -0.15) is 0 Å². The molecule has 2 atom stereocenters. The molecule has 0 heterocycles. The summed E-state index contributed by atoms with van der Waals surface area (Å²) in [6.45, 7) is 4.93. The predicted molar refractivity (Wildman–Crippen MR) is 92.3 cm³/mol. The van der Waals surface area contributed by atoms with Crippen LogP contribution in [-0.2, 0) is 0 Å². The molecule has 0 heteroatoms. The third kappa shape index (κ3) is 4.26. The van der Waals surface area contributed by atoms with Crippen molar-refractivity contribution in [3.8, 4) is 0 Å². The standard InChI is InChI=1S/C21H38/c1-16-4-3-5-18(9-6-16)20-12-14-21(15-13-20)19-10-7-17(2)8-11-19/h16-21H,3-15H2,1-2H3. The van der Waals surface area contributed by atoms with Gasteiger partial charge in [0.15, 0.2) is 0 Å². The van der Waals surface area contributed by atoms with Crippen LogP contribution in [0.2, 0.25) is 0 Å². The molecule has 122 valence electrons. The van der Waals surface area contributed by atoms with E-state index in [1.54, 1.807) is 51.4 Å². The van der Waals surface area contributed by atoms with E-state index in [9.17, 15) is 0 Å². The summed E-state index contributed by atoms with van der Waals surface area (Å²) >= 11 is 0. The Kier molecular flexibility index (Phi) is 5.68. The first-order valence-electron chi connectivity index (χ1n) is 10.2. The fraction of sp³-hybridized carbons (Fsp3) is 1.00. The molecule has 3 aliphatic carbocycles. The summed E-state index contributed by atoms with van der Waals surface area (Å²) in [6.07, 6.45) is 20.1. The molecule has 0 aromatic rings. The molecule has 0 N–H and O–H groups in total. The van der Waals surface area contributed by atoms with E-state index in [4.69, 9.17) is 0 Å². The molecular formula is C21H38. The molecule has 2 unspecified atom stereocenters. The number of rotatable bonds is 2. The maximum atomic E-state index is 2.48. The second-order valence-electron chi connectivity index (χ2n) is 9.07. The van der Waals surface area contributed by atoms with Crippen LogP contribution in [0.1, 0.15) is 97.3 Å². The SMILES string of the molecule is CC1CCCC(C2CCC(C3CCC(C)CC3)CC2)CC1. The highest BCUT2D eigenvalue weighted by atomic mass is 14.4. The molecule has 0 nitrogen and oxygen atoms in total. The van der Waals surface area contributed by atoms with Crippen LogP contribution in [0.5, 0.6) is 0 Å². The Hall–Kier alpha value is 0. The summed E-state index contributed by atoms with van der Waals surface area (Å²) in [4.78, 5) is 0. The Balaban J connectivity index is 1.44. The Morgan fingerprint density at radius 2 is 0.714 bits per heavy atom. The van der Waals surface area contributed by atoms with E-state index in [1.807, 2.05) is 0 Å². The summed E-state index contributed by atoms with van der Waals surface area (Å²) in [5.74, 6) is 6.45. The van der Waals surface area contributed by atoms with Crippen molar-refractivity contribution in [3.05, 3.63) is 0 Å². The Morgan fingerprint density at radius 1 is 0.381 bits per heavy atom. The average molecular weight is 291 g/mol. The maximum absolute atomic E-state index is 2.48. The first-order chi connectivity index (χ1) is 10.2. The van der Waals surface area contributed by atoms with Gasteiger partial charge in [-0.3, -0.25) is 0 Å². The lowest BCUT2D eigenvalue weighted by Gasteiger charge is -2.39. The first-order valence-corrected chi connectivity index (χ1v) is 10.2. The fourth-order valence-corrected chi connectivity index (χ4v) is 5.83. The van der Waals surface area contributed by atoms with Crippen LogP contribution in [0.15, 0.2) is 0 Å². The number of hydrogen-bond acceptors (Lipinski definition) is 0. The normalized spacial score (nSPS) is 46.0. The molecule has 0 aromatic carbocycles. The van der Waals surface area contributed by atoms with Crippen LogP contribution >= 0.6 is 0 Å². The van der Waals surface area contributed by atoms with Crippen molar-refractivity contribution in [2.75, 3.05) is 0 Å². The van der Waals surface area contributed by atoms with Gasteiger partial charge in [0.2, 0.25) is 0 Å². The van der Waals surface area contributed by atoms with Gasteiger partial charge < -0.3 is 0 Å². The van der Waals surface area contributed by atoms with Gasteiger partial charge in [0.1, 0.15) is 0 Å². The molecular weight excluding hydrogens is 252 g/mol. The van der Waals surface area contributed by atoms with E-state index < -0.39 is 0 Å². The molecule has 3 aliphatic rings. The molecule has 3 saturated carbocycles. The van der Waals surface area contributed by atoms with Crippen molar-refractivity contribution < 1.29 is 0 Å². The summed E-state index contributed by atoms with van der Waals surface area (Å²) < 4.78 is 0. The van der Waals surface area contributed by atoms with Crippen LogP contribution in [0, 0.1) is 35.5 Å². The van der Waals surface area contributed by atoms with Gasteiger partial charge in [0.05, 0.1) is 0 Å². The second-order valence-corrected chi connectivity index (χ2v) is 9.07.